The molecule has 14 heavy (non-hydrogen) atoms. The Morgan fingerprint density at radius 2 is 1.71 bits per heavy atom. The molecule has 5 heteroatoms. The molecule has 2 rings (SSSR count). The van der Waals surface area contributed by atoms with Crippen LogP contribution in [0.4, 0.5) is 0 Å². The molecule has 0 radical (unpaired) electrons. The van der Waals surface area contributed by atoms with Gasteiger partial charge >= 0.3 is 0 Å². The van der Waals surface area contributed by atoms with Crippen molar-refractivity contribution in [3.05, 3.63) is 37.9 Å². The number of hydrogen-bond acceptors (Lipinski definition) is 1. The zero-order valence-electron chi connectivity index (χ0n) is 6.69. The van der Waals surface area contributed by atoms with E-state index in [0.29, 0.717) is 15.2 Å². The number of nitrogens with zero attached hydrogens (tertiary/aromatic N) is 1. The molecule has 0 aliphatic heterocycles. The largest absolute Gasteiger partial charge is 0.236 e. The lowest BCUT2D eigenvalue weighted by molar-refractivity contribution is 1.41. The van der Waals surface area contributed by atoms with Crippen molar-refractivity contribution in [2.45, 2.75) is 0 Å². The fourth-order valence-electron chi connectivity index (χ4n) is 1.15. The van der Waals surface area contributed by atoms with Crippen LogP contribution in [0.2, 0.25) is 15.2 Å². The minimum atomic E-state index is 0.372. The summed E-state index contributed by atoms with van der Waals surface area (Å²) >= 11 is 21.0. The van der Waals surface area contributed by atoms with Crippen molar-refractivity contribution >= 4 is 61.6 Å². The first-order valence-corrected chi connectivity index (χ1v) is 5.61. The Kier molecular flexibility index (Phi) is 2.89. The summed E-state index contributed by atoms with van der Waals surface area (Å²) in [5.41, 5.74) is 0.721. The Morgan fingerprint density at radius 1 is 1.00 bits per heavy atom. The van der Waals surface area contributed by atoms with E-state index in [1.807, 2.05) is 0 Å². The first kappa shape index (κ1) is 10.5. The van der Waals surface area contributed by atoms with Crippen molar-refractivity contribution in [1.29, 1.82) is 0 Å². The molecule has 0 fully saturated rings. The highest BCUT2D eigenvalue weighted by atomic mass is 79.9. The maximum atomic E-state index is 5.99. The predicted octanol–water partition coefficient (Wildman–Crippen LogP) is 4.96. The number of fused-ring (bicyclic) bond motifs is 1. The second-order valence-corrected chi connectivity index (χ2v) is 4.77. The van der Waals surface area contributed by atoms with Gasteiger partial charge in [-0.05, 0) is 34.1 Å². The van der Waals surface area contributed by atoms with E-state index < -0.39 is 0 Å². The van der Waals surface area contributed by atoms with Crippen LogP contribution in [0.5, 0.6) is 0 Å². The zero-order valence-corrected chi connectivity index (χ0v) is 10.5. The molecule has 0 spiro atoms. The second-order valence-electron chi connectivity index (χ2n) is 2.71. The third kappa shape index (κ3) is 1.84. The maximum Gasteiger partial charge on any atom is 0.131 e. The topological polar surface area (TPSA) is 12.9 Å². The van der Waals surface area contributed by atoms with Gasteiger partial charge in [0.1, 0.15) is 5.15 Å². The molecule has 0 N–H and O–H groups in total. The molecule has 0 saturated carbocycles. The van der Waals surface area contributed by atoms with Crippen molar-refractivity contribution < 1.29 is 0 Å². The number of benzene rings is 1. The molecule has 1 aromatic carbocycles. The molecule has 0 aliphatic carbocycles. The van der Waals surface area contributed by atoms with Crippen LogP contribution >= 0.6 is 50.7 Å². The maximum absolute atomic E-state index is 5.99. The van der Waals surface area contributed by atoms with Crippen LogP contribution in [0.25, 0.3) is 10.9 Å². The van der Waals surface area contributed by atoms with E-state index in [1.165, 1.54) is 0 Å². The quantitative estimate of drug-likeness (QED) is 0.627. The Morgan fingerprint density at radius 3 is 2.43 bits per heavy atom. The molecular formula is C9H3BrCl3N. The molecule has 0 saturated heterocycles. The summed E-state index contributed by atoms with van der Waals surface area (Å²) in [5, 5.41) is 2.32. The van der Waals surface area contributed by atoms with Crippen molar-refractivity contribution in [1.82, 2.24) is 4.98 Å². The Balaban J connectivity index is 2.89. The average Bonchev–Trinajstić information content (AvgIpc) is 2.08. The van der Waals surface area contributed by atoms with Crippen molar-refractivity contribution in [3.8, 4) is 0 Å². The van der Waals surface area contributed by atoms with Crippen LogP contribution < -0.4 is 0 Å². The molecular weight excluding hydrogens is 308 g/mol. The van der Waals surface area contributed by atoms with Crippen LogP contribution in [-0.4, -0.2) is 4.98 Å². The van der Waals surface area contributed by atoms with Gasteiger partial charge in [-0.2, -0.15) is 0 Å². The summed E-state index contributed by atoms with van der Waals surface area (Å²) in [6, 6.07) is 5.14. The van der Waals surface area contributed by atoms with Gasteiger partial charge in [-0.3, -0.25) is 0 Å². The SMILES string of the molecule is Clc1cc(Cl)c2cc(Cl)c(Br)cc2n1. The van der Waals surface area contributed by atoms with Gasteiger partial charge in [-0.25, -0.2) is 4.98 Å². The minimum absolute atomic E-state index is 0.372. The summed E-state index contributed by atoms with van der Waals surface area (Å²) < 4.78 is 0.775. The standard InChI is InChI=1S/C9H3BrCl3N/c10-5-2-8-4(1-7(5)12)6(11)3-9(13)14-8/h1-3H. The monoisotopic (exact) mass is 309 g/mol. The third-order valence-electron chi connectivity index (χ3n) is 1.77. The van der Waals surface area contributed by atoms with Crippen LogP contribution in [0.15, 0.2) is 22.7 Å². The fraction of sp³-hybridized carbons (Fsp3) is 0. The second kappa shape index (κ2) is 3.86. The fourth-order valence-corrected chi connectivity index (χ4v) is 2.16. The van der Waals surface area contributed by atoms with Gasteiger partial charge in [0.05, 0.1) is 15.6 Å². The zero-order chi connectivity index (χ0) is 10.3. The lowest BCUT2D eigenvalue weighted by Crippen LogP contribution is -1.82. The summed E-state index contributed by atoms with van der Waals surface area (Å²) in [6.07, 6.45) is 0. The molecule has 0 unspecified atom stereocenters. The van der Waals surface area contributed by atoms with Crippen LogP contribution in [-0.2, 0) is 0 Å². The van der Waals surface area contributed by atoms with E-state index >= 15 is 0 Å². The molecule has 1 nitrogen and oxygen atoms in total. The molecule has 2 aromatic rings. The van der Waals surface area contributed by atoms with Crippen LogP contribution in [0.3, 0.4) is 0 Å². The summed E-state index contributed by atoms with van der Waals surface area (Å²) in [4.78, 5) is 4.13. The molecule has 1 aromatic heterocycles. The number of pyridine rings is 1. The van der Waals surface area contributed by atoms with Crippen LogP contribution in [0.1, 0.15) is 0 Å². The third-order valence-corrected chi connectivity index (χ3v) is 3.47. The van der Waals surface area contributed by atoms with Crippen molar-refractivity contribution in [2.24, 2.45) is 0 Å². The molecule has 0 amide bonds. The molecule has 0 aliphatic rings. The molecule has 1 heterocycles. The normalized spacial score (nSPS) is 10.9. The van der Waals surface area contributed by atoms with Gasteiger partial charge in [0.2, 0.25) is 0 Å². The molecule has 0 atom stereocenters. The molecule has 72 valence electrons. The van der Waals surface area contributed by atoms with E-state index in [0.717, 1.165) is 15.4 Å². The number of hydrogen-bond donors (Lipinski definition) is 0. The molecule has 0 bridgehead atoms. The van der Waals surface area contributed by atoms with Crippen molar-refractivity contribution in [2.75, 3.05) is 0 Å². The van der Waals surface area contributed by atoms with Crippen LogP contribution in [0, 0.1) is 0 Å². The smallest absolute Gasteiger partial charge is 0.131 e. The van der Waals surface area contributed by atoms with E-state index in [9.17, 15) is 0 Å². The van der Waals surface area contributed by atoms with Gasteiger partial charge < -0.3 is 0 Å². The average molecular weight is 311 g/mol. The van der Waals surface area contributed by atoms with Gasteiger partial charge in [0, 0.05) is 9.86 Å². The highest BCUT2D eigenvalue weighted by molar-refractivity contribution is 9.10. The van der Waals surface area contributed by atoms with E-state index in [4.69, 9.17) is 34.8 Å². The van der Waals surface area contributed by atoms with E-state index in [1.54, 1.807) is 18.2 Å². The summed E-state index contributed by atoms with van der Waals surface area (Å²) in [6.45, 7) is 0. The number of rotatable bonds is 0. The van der Waals surface area contributed by atoms with Gasteiger partial charge in [-0.15, -0.1) is 0 Å². The Bertz CT molecular complexity index is 513. The van der Waals surface area contributed by atoms with Gasteiger partial charge in [-0.1, -0.05) is 34.8 Å². The first-order valence-electron chi connectivity index (χ1n) is 3.69. The summed E-state index contributed by atoms with van der Waals surface area (Å²) in [5.74, 6) is 0. The van der Waals surface area contributed by atoms with Crippen molar-refractivity contribution in [3.63, 3.8) is 0 Å². The summed E-state index contributed by atoms with van der Waals surface area (Å²) in [7, 11) is 0. The van der Waals surface area contributed by atoms with E-state index in [2.05, 4.69) is 20.9 Å². The van der Waals surface area contributed by atoms with E-state index in [-0.39, 0.29) is 0 Å². The Labute approximate surface area is 104 Å². The lowest BCUT2D eigenvalue weighted by Gasteiger charge is -2.03. The number of aromatic nitrogens is 1. The Hall–Kier alpha value is -0.0200. The lowest BCUT2D eigenvalue weighted by atomic mass is 10.2. The predicted molar refractivity (Wildman–Crippen MR) is 64.5 cm³/mol. The highest BCUT2D eigenvalue weighted by Gasteiger charge is 2.06. The minimum Gasteiger partial charge on any atom is -0.236 e. The van der Waals surface area contributed by atoms with Gasteiger partial charge in [0.15, 0.2) is 0 Å². The highest BCUT2D eigenvalue weighted by Crippen LogP contribution is 2.32. The number of halogens is 4. The first-order chi connectivity index (χ1) is 6.58. The van der Waals surface area contributed by atoms with Gasteiger partial charge in [0.25, 0.3) is 0 Å².